The maximum Gasteiger partial charge on any atom is 0.242 e. The summed E-state index contributed by atoms with van der Waals surface area (Å²) in [4.78, 5) is 48.2. The maximum absolute atomic E-state index is 12.3. The first-order valence-corrected chi connectivity index (χ1v) is 11.8. The minimum absolute atomic E-state index is 0.0844. The molecule has 1 saturated heterocycles. The van der Waals surface area contributed by atoms with Crippen LogP contribution >= 0.6 is 20.3 Å². The molecule has 3 amide bonds. The summed E-state index contributed by atoms with van der Waals surface area (Å²) in [6.07, 6.45) is 5.71. The van der Waals surface area contributed by atoms with Crippen LogP contribution in [0.15, 0.2) is 0 Å². The molecule has 26 heavy (non-hydrogen) atoms. The van der Waals surface area contributed by atoms with Crippen molar-refractivity contribution in [1.82, 2.24) is 10.2 Å². The number of unbranched alkanes of at least 4 members (excludes halogenated alkanes) is 2. The number of nitrogens with zero attached hydrogens (tertiary/aromatic N) is 1. The van der Waals surface area contributed by atoms with Crippen molar-refractivity contribution in [3.63, 3.8) is 0 Å². The van der Waals surface area contributed by atoms with E-state index in [0.29, 0.717) is 25.1 Å². The number of hydrogen-bond acceptors (Lipinski definition) is 5. The molecule has 1 N–H and O–H groups in total. The van der Waals surface area contributed by atoms with Crippen LogP contribution < -0.4 is 5.32 Å². The molecular formula is C17H30BN2O4PS. The van der Waals surface area contributed by atoms with Crippen LogP contribution in [0.4, 0.5) is 0 Å². The number of nitrogens with one attached hydrogen (secondary N) is 1. The van der Waals surface area contributed by atoms with Gasteiger partial charge in [0.05, 0.1) is 10.9 Å². The summed E-state index contributed by atoms with van der Waals surface area (Å²) in [5.74, 6) is 0.421. The molecule has 2 atom stereocenters. The SMILES string of the molecule is BC(=O)CCSC1CC(=O)N(CCCCCC(=O)NCCPCC)C1=O. The second-order valence-electron chi connectivity index (χ2n) is 6.41. The Morgan fingerprint density at radius 3 is 2.73 bits per heavy atom. The van der Waals surface area contributed by atoms with Crippen molar-refractivity contribution in [2.45, 2.75) is 50.7 Å². The lowest BCUT2D eigenvalue weighted by molar-refractivity contribution is -0.138. The van der Waals surface area contributed by atoms with Gasteiger partial charge in [0.15, 0.2) is 7.85 Å². The molecule has 0 bridgehead atoms. The van der Waals surface area contributed by atoms with Crippen molar-refractivity contribution in [3.05, 3.63) is 0 Å². The van der Waals surface area contributed by atoms with Crippen LogP contribution in [-0.2, 0) is 19.2 Å². The lowest BCUT2D eigenvalue weighted by Gasteiger charge is -2.14. The summed E-state index contributed by atoms with van der Waals surface area (Å²) in [7, 11) is 2.44. The lowest BCUT2D eigenvalue weighted by Crippen LogP contribution is -2.32. The zero-order chi connectivity index (χ0) is 19.4. The lowest BCUT2D eigenvalue weighted by atomic mass is 10.0. The Kier molecular flexibility index (Phi) is 11.9. The molecule has 0 aromatic heterocycles. The highest BCUT2D eigenvalue weighted by molar-refractivity contribution is 8.00. The molecule has 2 unspecified atom stereocenters. The Hall–Kier alpha value is -0.875. The molecule has 146 valence electrons. The van der Waals surface area contributed by atoms with Crippen LogP contribution in [0.3, 0.4) is 0 Å². The number of rotatable bonds is 14. The number of likely N-dealkylation sites (tertiary alicyclic amines) is 1. The topological polar surface area (TPSA) is 83.6 Å². The van der Waals surface area contributed by atoms with Crippen LogP contribution in [0.25, 0.3) is 0 Å². The van der Waals surface area contributed by atoms with Crippen LogP contribution in [-0.4, -0.2) is 72.6 Å². The minimum Gasteiger partial charge on any atom is -0.356 e. The first-order chi connectivity index (χ1) is 12.5. The van der Waals surface area contributed by atoms with Crippen LogP contribution in [0.5, 0.6) is 0 Å². The van der Waals surface area contributed by atoms with Gasteiger partial charge >= 0.3 is 0 Å². The normalized spacial score (nSPS) is 17.4. The van der Waals surface area contributed by atoms with Gasteiger partial charge in [-0.25, -0.2) is 0 Å². The van der Waals surface area contributed by atoms with Crippen LogP contribution in [0.1, 0.15) is 45.4 Å². The second kappa shape index (κ2) is 13.3. The van der Waals surface area contributed by atoms with Gasteiger partial charge < -0.3 is 10.1 Å². The standard InChI is InChI=1S/C17H30BN2O4PS/c1-2-25-10-8-19-15(22)6-4-3-5-9-20-16(23)12-13(17(20)24)26-11-7-14(18)21/h13,25H,2-12,18H2,1H3,(H,19,22). The first-order valence-electron chi connectivity index (χ1n) is 9.38. The number of hydrogen-bond donors (Lipinski definition) is 1. The fraction of sp³-hybridized carbons (Fsp3) is 0.765. The highest BCUT2D eigenvalue weighted by Crippen LogP contribution is 2.26. The molecule has 9 heteroatoms. The van der Waals surface area contributed by atoms with E-state index in [2.05, 4.69) is 12.2 Å². The van der Waals surface area contributed by atoms with Gasteiger partial charge in [-0.05, 0) is 25.2 Å². The Labute approximate surface area is 163 Å². The maximum atomic E-state index is 12.3. The van der Waals surface area contributed by atoms with E-state index in [1.807, 2.05) is 0 Å². The highest BCUT2D eigenvalue weighted by atomic mass is 32.2. The van der Waals surface area contributed by atoms with Crippen molar-refractivity contribution in [1.29, 1.82) is 0 Å². The minimum atomic E-state index is -0.337. The van der Waals surface area contributed by atoms with Crippen molar-refractivity contribution < 1.29 is 19.2 Å². The van der Waals surface area contributed by atoms with E-state index in [4.69, 9.17) is 0 Å². The first kappa shape index (κ1) is 23.2. The predicted octanol–water partition coefficient (Wildman–Crippen LogP) is 0.772. The van der Waals surface area contributed by atoms with Crippen LogP contribution in [0.2, 0.25) is 0 Å². The third-order valence-corrected chi connectivity index (χ3v) is 6.45. The fourth-order valence-electron chi connectivity index (χ4n) is 2.65. The molecule has 1 aliphatic rings. The molecule has 1 fully saturated rings. The summed E-state index contributed by atoms with van der Waals surface area (Å²) in [5, 5.41) is 2.58. The second-order valence-corrected chi connectivity index (χ2v) is 9.43. The van der Waals surface area contributed by atoms with Crippen molar-refractivity contribution in [2.75, 3.05) is 31.2 Å². The van der Waals surface area contributed by atoms with E-state index in [-0.39, 0.29) is 35.1 Å². The van der Waals surface area contributed by atoms with Crippen molar-refractivity contribution >= 4 is 51.6 Å². The van der Waals surface area contributed by atoms with E-state index >= 15 is 0 Å². The average molecular weight is 400 g/mol. The van der Waals surface area contributed by atoms with Gasteiger partial charge in [0.1, 0.15) is 0 Å². The van der Waals surface area contributed by atoms with E-state index < -0.39 is 0 Å². The molecule has 0 aliphatic carbocycles. The summed E-state index contributed by atoms with van der Waals surface area (Å²) in [6, 6.07) is 0. The quantitative estimate of drug-likeness (QED) is 0.202. The fourth-order valence-corrected chi connectivity index (χ4v) is 4.53. The van der Waals surface area contributed by atoms with Gasteiger partial charge in [-0.2, -0.15) is 0 Å². The molecule has 0 aromatic carbocycles. The zero-order valence-corrected chi connectivity index (χ0v) is 17.7. The average Bonchev–Trinajstić information content (AvgIpc) is 2.85. The molecular weight excluding hydrogens is 370 g/mol. The van der Waals surface area contributed by atoms with Gasteiger partial charge in [-0.1, -0.05) is 13.3 Å². The number of carbonyl (C=O) groups is 4. The Morgan fingerprint density at radius 2 is 2.04 bits per heavy atom. The predicted molar refractivity (Wildman–Crippen MR) is 111 cm³/mol. The summed E-state index contributed by atoms with van der Waals surface area (Å²) >= 11 is 1.40. The van der Waals surface area contributed by atoms with Crippen LogP contribution in [0, 0.1) is 0 Å². The third kappa shape index (κ3) is 9.18. The Bertz CT molecular complexity index is 507. The van der Waals surface area contributed by atoms with Gasteiger partial charge in [0, 0.05) is 38.1 Å². The van der Waals surface area contributed by atoms with Gasteiger partial charge in [-0.3, -0.25) is 19.3 Å². The zero-order valence-electron chi connectivity index (χ0n) is 15.8. The van der Waals surface area contributed by atoms with Crippen molar-refractivity contribution in [3.8, 4) is 0 Å². The molecule has 0 radical (unpaired) electrons. The number of carbonyl (C=O) groups excluding carboxylic acids is 4. The number of amides is 3. The molecule has 0 aromatic rings. The largest absolute Gasteiger partial charge is 0.356 e. The number of imide groups is 1. The van der Waals surface area contributed by atoms with E-state index in [0.717, 1.165) is 40.5 Å². The van der Waals surface area contributed by atoms with Gasteiger partial charge in [0.25, 0.3) is 0 Å². The monoisotopic (exact) mass is 400 g/mol. The summed E-state index contributed by atoms with van der Waals surface area (Å²) in [6.45, 7) is 3.33. The van der Waals surface area contributed by atoms with Gasteiger partial charge in [-0.15, -0.1) is 20.3 Å². The highest BCUT2D eigenvalue weighted by Gasteiger charge is 2.38. The van der Waals surface area contributed by atoms with E-state index in [1.54, 1.807) is 0 Å². The van der Waals surface area contributed by atoms with Crippen molar-refractivity contribution in [2.24, 2.45) is 0 Å². The Morgan fingerprint density at radius 1 is 1.27 bits per heavy atom. The smallest absolute Gasteiger partial charge is 0.242 e. The molecule has 1 aliphatic heterocycles. The van der Waals surface area contributed by atoms with Gasteiger partial charge in [0.2, 0.25) is 17.7 Å². The molecule has 6 nitrogen and oxygen atoms in total. The molecule has 0 saturated carbocycles. The molecule has 0 spiro atoms. The number of thioether (sulfide) groups is 1. The van der Waals surface area contributed by atoms with E-state index in [9.17, 15) is 19.2 Å². The molecule has 1 heterocycles. The molecule has 1 rings (SSSR count). The van der Waals surface area contributed by atoms with E-state index in [1.165, 1.54) is 30.7 Å². The third-order valence-electron chi connectivity index (χ3n) is 4.14. The summed E-state index contributed by atoms with van der Waals surface area (Å²) < 4.78 is 0. The Balaban J connectivity index is 2.14. The summed E-state index contributed by atoms with van der Waals surface area (Å²) in [5.41, 5.74) is 0.0981.